The van der Waals surface area contributed by atoms with Gasteiger partial charge in [0.15, 0.2) is 0 Å². The number of halogens is 2. The van der Waals surface area contributed by atoms with E-state index in [-0.39, 0.29) is 36.2 Å². The van der Waals surface area contributed by atoms with E-state index in [1.165, 1.54) is 10.4 Å². The summed E-state index contributed by atoms with van der Waals surface area (Å²) in [5.41, 5.74) is 0. The van der Waals surface area contributed by atoms with Crippen molar-refractivity contribution in [2.75, 3.05) is 26.3 Å². The lowest BCUT2D eigenvalue weighted by Crippen LogP contribution is -2.46. The quantitative estimate of drug-likeness (QED) is 0.875. The van der Waals surface area contributed by atoms with Gasteiger partial charge in [0.2, 0.25) is 10.0 Å². The van der Waals surface area contributed by atoms with Gasteiger partial charge in [-0.25, -0.2) is 8.42 Å². The molecule has 0 bridgehead atoms. The lowest BCUT2D eigenvalue weighted by atomic mass is 10.3. The molecule has 1 heterocycles. The Morgan fingerprint density at radius 3 is 2.89 bits per heavy atom. The molecule has 1 unspecified atom stereocenters. The van der Waals surface area contributed by atoms with Crippen LogP contribution in [0.25, 0.3) is 0 Å². The van der Waals surface area contributed by atoms with Crippen molar-refractivity contribution in [1.82, 2.24) is 4.31 Å². The van der Waals surface area contributed by atoms with E-state index >= 15 is 0 Å². The van der Waals surface area contributed by atoms with E-state index in [0.29, 0.717) is 4.47 Å². The third-order valence-electron chi connectivity index (χ3n) is 2.82. The predicted octanol–water partition coefficient (Wildman–Crippen LogP) is 1.48. The standard InChI is InChI=1S/C11H13BrClNO4S/c12-8-1-2-11(10(13)5-8)19(16,17)14-3-4-18-9(6-14)7-15/h1-2,5,9,15H,3-4,6-7H2. The van der Waals surface area contributed by atoms with Gasteiger partial charge in [-0.2, -0.15) is 4.31 Å². The van der Waals surface area contributed by atoms with Gasteiger partial charge >= 0.3 is 0 Å². The summed E-state index contributed by atoms with van der Waals surface area (Å²) in [6, 6.07) is 4.63. The summed E-state index contributed by atoms with van der Waals surface area (Å²) in [5, 5.41) is 9.23. The van der Waals surface area contributed by atoms with Gasteiger partial charge in [0, 0.05) is 17.6 Å². The third-order valence-corrected chi connectivity index (χ3v) is 5.66. The first-order chi connectivity index (χ1) is 8.95. The number of rotatable bonds is 3. The highest BCUT2D eigenvalue weighted by molar-refractivity contribution is 9.10. The molecule has 8 heteroatoms. The van der Waals surface area contributed by atoms with Crippen LogP contribution in [0.3, 0.4) is 0 Å². The van der Waals surface area contributed by atoms with Gasteiger partial charge in [0.25, 0.3) is 0 Å². The first-order valence-corrected chi connectivity index (χ1v) is 8.24. The van der Waals surface area contributed by atoms with E-state index in [2.05, 4.69) is 15.9 Å². The third kappa shape index (κ3) is 3.29. The molecular weight excluding hydrogens is 358 g/mol. The maximum absolute atomic E-state index is 12.5. The van der Waals surface area contributed by atoms with Crippen LogP contribution in [0.1, 0.15) is 0 Å². The van der Waals surface area contributed by atoms with Crippen LogP contribution < -0.4 is 0 Å². The minimum Gasteiger partial charge on any atom is -0.394 e. The Balaban J connectivity index is 2.31. The minimum absolute atomic E-state index is 0.0657. The summed E-state index contributed by atoms with van der Waals surface area (Å²) in [6.45, 7) is 0.440. The summed E-state index contributed by atoms with van der Waals surface area (Å²) in [4.78, 5) is 0.0657. The number of aliphatic hydroxyl groups excluding tert-OH is 1. The fourth-order valence-corrected chi connectivity index (χ4v) is 4.31. The second-order valence-corrected chi connectivity index (χ2v) is 7.34. The van der Waals surface area contributed by atoms with E-state index in [0.717, 1.165) is 0 Å². The van der Waals surface area contributed by atoms with Crippen LogP contribution in [0.15, 0.2) is 27.6 Å². The first-order valence-electron chi connectivity index (χ1n) is 5.63. The maximum Gasteiger partial charge on any atom is 0.244 e. The molecule has 0 radical (unpaired) electrons. The fraction of sp³-hybridized carbons (Fsp3) is 0.455. The molecule has 19 heavy (non-hydrogen) atoms. The van der Waals surface area contributed by atoms with Crippen molar-refractivity contribution < 1.29 is 18.3 Å². The van der Waals surface area contributed by atoms with Crippen molar-refractivity contribution in [3.63, 3.8) is 0 Å². The Hall–Kier alpha value is -0.180. The molecule has 0 saturated carbocycles. The molecule has 1 aromatic rings. The summed E-state index contributed by atoms with van der Waals surface area (Å²) in [6.07, 6.45) is -0.488. The molecule has 0 aromatic heterocycles. The van der Waals surface area contributed by atoms with Crippen molar-refractivity contribution in [1.29, 1.82) is 0 Å². The summed E-state index contributed by atoms with van der Waals surface area (Å²) in [5.74, 6) is 0. The number of nitrogens with zero attached hydrogens (tertiary/aromatic N) is 1. The number of morpholine rings is 1. The van der Waals surface area contributed by atoms with Crippen LogP contribution in [0.2, 0.25) is 5.02 Å². The van der Waals surface area contributed by atoms with Gasteiger partial charge in [-0.1, -0.05) is 27.5 Å². The smallest absolute Gasteiger partial charge is 0.244 e. The van der Waals surface area contributed by atoms with Crippen LogP contribution in [-0.2, 0) is 14.8 Å². The molecule has 0 amide bonds. The Morgan fingerprint density at radius 2 is 2.26 bits per heavy atom. The van der Waals surface area contributed by atoms with Crippen LogP contribution >= 0.6 is 27.5 Å². The molecule has 2 rings (SSSR count). The lowest BCUT2D eigenvalue weighted by molar-refractivity contribution is -0.0304. The SMILES string of the molecule is O=S(=O)(c1ccc(Br)cc1Cl)N1CCOC(CO)C1. The fourth-order valence-electron chi connectivity index (χ4n) is 1.84. The molecule has 1 atom stereocenters. The van der Waals surface area contributed by atoms with Gasteiger partial charge in [0.1, 0.15) is 4.90 Å². The highest BCUT2D eigenvalue weighted by atomic mass is 79.9. The van der Waals surface area contributed by atoms with Crippen LogP contribution in [0.5, 0.6) is 0 Å². The average molecular weight is 371 g/mol. The Kier molecular flexibility index (Phi) is 4.86. The van der Waals surface area contributed by atoms with Crippen LogP contribution in [0, 0.1) is 0 Å². The normalized spacial score (nSPS) is 21.5. The number of aliphatic hydroxyl groups is 1. The Labute approximate surface area is 125 Å². The Bertz CT molecular complexity index is 566. The summed E-state index contributed by atoms with van der Waals surface area (Å²) in [7, 11) is -3.66. The second-order valence-electron chi connectivity index (χ2n) is 4.11. The van der Waals surface area contributed by atoms with E-state index < -0.39 is 16.1 Å². The predicted molar refractivity (Wildman–Crippen MR) is 74.7 cm³/mol. The zero-order chi connectivity index (χ0) is 14.0. The summed E-state index contributed by atoms with van der Waals surface area (Å²) >= 11 is 9.22. The molecule has 0 aliphatic carbocycles. The molecule has 1 fully saturated rings. The molecular formula is C11H13BrClNO4S. The molecule has 1 saturated heterocycles. The maximum atomic E-state index is 12.5. The van der Waals surface area contributed by atoms with Crippen molar-refractivity contribution in [2.45, 2.75) is 11.0 Å². The van der Waals surface area contributed by atoms with Crippen LogP contribution in [0.4, 0.5) is 0 Å². The Morgan fingerprint density at radius 1 is 1.53 bits per heavy atom. The first kappa shape index (κ1) is 15.2. The molecule has 1 N–H and O–H groups in total. The van der Waals surface area contributed by atoms with Gasteiger partial charge in [-0.15, -0.1) is 0 Å². The summed E-state index contributed by atoms with van der Waals surface area (Å²) < 4.78 is 32.2. The molecule has 1 aromatic carbocycles. The van der Waals surface area contributed by atoms with Gasteiger partial charge in [-0.3, -0.25) is 0 Å². The number of hydrogen-bond donors (Lipinski definition) is 1. The molecule has 1 aliphatic rings. The molecule has 5 nitrogen and oxygen atoms in total. The van der Waals surface area contributed by atoms with E-state index in [1.54, 1.807) is 12.1 Å². The number of hydrogen-bond acceptors (Lipinski definition) is 4. The largest absolute Gasteiger partial charge is 0.394 e. The lowest BCUT2D eigenvalue weighted by Gasteiger charge is -2.31. The highest BCUT2D eigenvalue weighted by Crippen LogP contribution is 2.28. The van der Waals surface area contributed by atoms with E-state index in [1.807, 2.05) is 0 Å². The van der Waals surface area contributed by atoms with Crippen molar-refractivity contribution in [2.24, 2.45) is 0 Å². The average Bonchev–Trinajstić information content (AvgIpc) is 2.38. The topological polar surface area (TPSA) is 66.8 Å². The molecule has 1 aliphatic heterocycles. The number of ether oxygens (including phenoxy) is 1. The van der Waals surface area contributed by atoms with E-state index in [4.69, 9.17) is 21.4 Å². The van der Waals surface area contributed by atoms with Crippen molar-refractivity contribution >= 4 is 37.6 Å². The minimum atomic E-state index is -3.66. The number of sulfonamides is 1. The van der Waals surface area contributed by atoms with Gasteiger partial charge in [0.05, 0.1) is 24.3 Å². The second kappa shape index (κ2) is 6.07. The van der Waals surface area contributed by atoms with Crippen LogP contribution in [-0.4, -0.2) is 50.2 Å². The molecule has 0 spiro atoms. The molecule has 106 valence electrons. The van der Waals surface area contributed by atoms with Gasteiger partial charge < -0.3 is 9.84 Å². The highest BCUT2D eigenvalue weighted by Gasteiger charge is 2.31. The monoisotopic (exact) mass is 369 g/mol. The zero-order valence-corrected chi connectivity index (χ0v) is 13.1. The number of benzene rings is 1. The van der Waals surface area contributed by atoms with Gasteiger partial charge in [-0.05, 0) is 18.2 Å². The zero-order valence-electron chi connectivity index (χ0n) is 9.92. The van der Waals surface area contributed by atoms with Crippen molar-refractivity contribution in [3.8, 4) is 0 Å². The van der Waals surface area contributed by atoms with Crippen molar-refractivity contribution in [3.05, 3.63) is 27.7 Å². The van der Waals surface area contributed by atoms with E-state index in [9.17, 15) is 8.42 Å².